The first kappa shape index (κ1) is 14.5. The molecule has 0 amide bonds. The molecule has 0 radical (unpaired) electrons. The van der Waals surface area contributed by atoms with Gasteiger partial charge in [0.15, 0.2) is 0 Å². The van der Waals surface area contributed by atoms with E-state index >= 15 is 0 Å². The molecule has 3 heteroatoms. The molecule has 0 N–H and O–H groups in total. The van der Waals surface area contributed by atoms with Crippen LogP contribution >= 0.6 is 0 Å². The summed E-state index contributed by atoms with van der Waals surface area (Å²) in [4.78, 5) is 0. The van der Waals surface area contributed by atoms with Gasteiger partial charge in [-0.3, -0.25) is 0 Å². The monoisotopic (exact) mass is 276 g/mol. The number of alkyl halides is 1. The average molecular weight is 276 g/mol. The lowest BCUT2D eigenvalue weighted by atomic mass is 9.93. The largest absolute Gasteiger partial charge is 0.462 e. The molecule has 0 heterocycles. The Bertz CT molecular complexity index is 601. The van der Waals surface area contributed by atoms with Crippen LogP contribution in [-0.2, 0) is 0 Å². The number of hydrogen-bond acceptors (Lipinski definition) is 1. The number of aryl methyl sites for hydroxylation is 4. The van der Waals surface area contributed by atoms with Crippen LogP contribution in [0.5, 0.6) is 5.75 Å². The van der Waals surface area contributed by atoms with Crippen molar-refractivity contribution in [2.24, 2.45) is 0 Å². The van der Waals surface area contributed by atoms with Crippen molar-refractivity contribution in [1.29, 1.82) is 0 Å². The Kier molecular flexibility index (Phi) is 4.07. The Morgan fingerprint density at radius 3 is 1.80 bits per heavy atom. The molecule has 2 aromatic rings. The van der Waals surface area contributed by atoms with Crippen LogP contribution in [0.4, 0.5) is 8.78 Å². The summed E-state index contributed by atoms with van der Waals surface area (Å²) in [5, 5.41) is 0. The SMILES string of the molecule is Cc1cc(-c2c(C)cc(F)cc2C)cc(C)c1OCF. The normalized spacial score (nSPS) is 10.7. The highest BCUT2D eigenvalue weighted by atomic mass is 19.1. The van der Waals surface area contributed by atoms with Crippen molar-refractivity contribution in [2.45, 2.75) is 27.7 Å². The van der Waals surface area contributed by atoms with Gasteiger partial charge in [0.25, 0.3) is 0 Å². The zero-order valence-electron chi connectivity index (χ0n) is 12.2. The highest BCUT2D eigenvalue weighted by Gasteiger charge is 2.12. The Hall–Kier alpha value is -1.90. The molecule has 0 aromatic heterocycles. The van der Waals surface area contributed by atoms with Gasteiger partial charge in [0.05, 0.1) is 0 Å². The average Bonchev–Trinajstić information content (AvgIpc) is 2.32. The minimum atomic E-state index is -0.838. The van der Waals surface area contributed by atoms with E-state index in [2.05, 4.69) is 0 Å². The van der Waals surface area contributed by atoms with Crippen LogP contribution in [0, 0.1) is 33.5 Å². The van der Waals surface area contributed by atoms with Crippen molar-refractivity contribution >= 4 is 0 Å². The number of halogens is 2. The number of benzene rings is 2. The summed E-state index contributed by atoms with van der Waals surface area (Å²) in [5.74, 6) is 0.350. The quantitative estimate of drug-likeness (QED) is 0.763. The fourth-order valence-corrected chi connectivity index (χ4v) is 2.74. The Labute approximate surface area is 118 Å². The molecule has 0 saturated heterocycles. The van der Waals surface area contributed by atoms with E-state index in [1.807, 2.05) is 39.8 Å². The molecule has 0 atom stereocenters. The third-order valence-electron chi connectivity index (χ3n) is 3.45. The van der Waals surface area contributed by atoms with Gasteiger partial charge in [-0.2, -0.15) is 0 Å². The van der Waals surface area contributed by atoms with Gasteiger partial charge in [0, 0.05) is 0 Å². The van der Waals surface area contributed by atoms with Gasteiger partial charge in [-0.05, 0) is 85.3 Å². The molecule has 0 aliphatic rings. The molecular weight excluding hydrogens is 258 g/mol. The second-order valence-electron chi connectivity index (χ2n) is 5.11. The zero-order valence-corrected chi connectivity index (χ0v) is 12.2. The minimum absolute atomic E-state index is 0.227. The lowest BCUT2D eigenvalue weighted by Crippen LogP contribution is -1.98. The molecule has 20 heavy (non-hydrogen) atoms. The summed E-state index contributed by atoms with van der Waals surface area (Å²) >= 11 is 0. The number of rotatable bonds is 3. The van der Waals surface area contributed by atoms with Crippen molar-refractivity contribution in [3.63, 3.8) is 0 Å². The lowest BCUT2D eigenvalue weighted by molar-refractivity contribution is 0.189. The van der Waals surface area contributed by atoms with Gasteiger partial charge in [0.2, 0.25) is 6.86 Å². The third kappa shape index (κ3) is 2.67. The summed E-state index contributed by atoms with van der Waals surface area (Å²) < 4.78 is 30.8. The van der Waals surface area contributed by atoms with Gasteiger partial charge < -0.3 is 4.74 Å². The van der Waals surface area contributed by atoms with E-state index in [4.69, 9.17) is 4.74 Å². The van der Waals surface area contributed by atoms with E-state index in [0.29, 0.717) is 5.75 Å². The molecule has 0 spiro atoms. The smallest absolute Gasteiger partial charge is 0.228 e. The van der Waals surface area contributed by atoms with E-state index in [1.54, 1.807) is 0 Å². The molecule has 0 fully saturated rings. The standard InChI is InChI=1S/C17H18F2O/c1-10-7-15(19)8-11(2)16(10)14-5-12(3)17(20-9-18)13(4)6-14/h5-8H,9H2,1-4H3. The highest BCUT2D eigenvalue weighted by Crippen LogP contribution is 2.34. The minimum Gasteiger partial charge on any atom is -0.462 e. The predicted octanol–water partition coefficient (Wildman–Crippen LogP) is 5.03. The van der Waals surface area contributed by atoms with E-state index in [1.165, 1.54) is 12.1 Å². The summed E-state index contributed by atoms with van der Waals surface area (Å²) in [6, 6.07) is 6.95. The third-order valence-corrected chi connectivity index (χ3v) is 3.45. The summed E-state index contributed by atoms with van der Waals surface area (Å²) in [6.45, 7) is 6.71. The molecule has 1 nitrogen and oxygen atoms in total. The Morgan fingerprint density at radius 1 is 0.850 bits per heavy atom. The molecule has 2 rings (SSSR count). The van der Waals surface area contributed by atoms with Crippen LogP contribution in [0.25, 0.3) is 11.1 Å². The van der Waals surface area contributed by atoms with Crippen LogP contribution < -0.4 is 4.74 Å². The van der Waals surface area contributed by atoms with Gasteiger partial charge in [0.1, 0.15) is 11.6 Å². The molecule has 2 aromatic carbocycles. The first-order chi connectivity index (χ1) is 9.43. The maximum Gasteiger partial charge on any atom is 0.228 e. The van der Waals surface area contributed by atoms with Crippen molar-refractivity contribution in [1.82, 2.24) is 0 Å². The van der Waals surface area contributed by atoms with Crippen LogP contribution in [0.15, 0.2) is 24.3 Å². The number of ether oxygens (including phenoxy) is 1. The lowest BCUT2D eigenvalue weighted by Gasteiger charge is -2.15. The van der Waals surface area contributed by atoms with Crippen molar-refractivity contribution in [2.75, 3.05) is 6.86 Å². The maximum atomic E-state index is 13.4. The van der Waals surface area contributed by atoms with Crippen molar-refractivity contribution in [3.8, 4) is 16.9 Å². The summed E-state index contributed by atoms with van der Waals surface area (Å²) in [5.41, 5.74) is 5.55. The second kappa shape index (κ2) is 5.61. The van der Waals surface area contributed by atoms with Gasteiger partial charge in [-0.15, -0.1) is 0 Å². The predicted molar refractivity (Wildman–Crippen MR) is 77.4 cm³/mol. The highest BCUT2D eigenvalue weighted by molar-refractivity contribution is 5.73. The zero-order chi connectivity index (χ0) is 14.9. The Balaban J connectivity index is 2.60. The first-order valence-electron chi connectivity index (χ1n) is 6.51. The Morgan fingerprint density at radius 2 is 1.35 bits per heavy atom. The second-order valence-corrected chi connectivity index (χ2v) is 5.11. The van der Waals surface area contributed by atoms with Gasteiger partial charge in [-0.1, -0.05) is 0 Å². The number of hydrogen-bond donors (Lipinski definition) is 0. The molecule has 106 valence electrons. The summed E-state index contributed by atoms with van der Waals surface area (Å²) in [6.07, 6.45) is 0. The maximum absolute atomic E-state index is 13.4. The van der Waals surface area contributed by atoms with Crippen LogP contribution in [-0.4, -0.2) is 6.86 Å². The first-order valence-corrected chi connectivity index (χ1v) is 6.51. The van der Waals surface area contributed by atoms with E-state index in [0.717, 1.165) is 33.4 Å². The van der Waals surface area contributed by atoms with E-state index in [9.17, 15) is 8.78 Å². The molecule has 0 aliphatic carbocycles. The van der Waals surface area contributed by atoms with Crippen molar-refractivity contribution in [3.05, 3.63) is 52.3 Å². The van der Waals surface area contributed by atoms with Crippen molar-refractivity contribution < 1.29 is 13.5 Å². The van der Waals surface area contributed by atoms with E-state index in [-0.39, 0.29) is 5.82 Å². The molecular formula is C17H18F2O. The topological polar surface area (TPSA) is 9.23 Å². The molecule has 0 saturated carbocycles. The molecule has 0 unspecified atom stereocenters. The van der Waals surface area contributed by atoms with Crippen LogP contribution in [0.1, 0.15) is 22.3 Å². The van der Waals surface area contributed by atoms with Gasteiger partial charge >= 0.3 is 0 Å². The summed E-state index contributed by atoms with van der Waals surface area (Å²) in [7, 11) is 0. The van der Waals surface area contributed by atoms with E-state index < -0.39 is 6.86 Å². The fraction of sp³-hybridized carbons (Fsp3) is 0.294. The van der Waals surface area contributed by atoms with Gasteiger partial charge in [-0.25, -0.2) is 8.78 Å². The van der Waals surface area contributed by atoms with Crippen LogP contribution in [0.3, 0.4) is 0 Å². The molecule has 0 bridgehead atoms. The molecule has 0 aliphatic heterocycles. The van der Waals surface area contributed by atoms with Crippen LogP contribution in [0.2, 0.25) is 0 Å². The fourth-order valence-electron chi connectivity index (χ4n) is 2.74.